The lowest BCUT2D eigenvalue weighted by atomic mass is 9.94. The van der Waals surface area contributed by atoms with Gasteiger partial charge in [0.1, 0.15) is 6.04 Å². The van der Waals surface area contributed by atoms with E-state index < -0.39 is 6.04 Å². The maximum Gasteiger partial charge on any atom is 0.276 e. The van der Waals surface area contributed by atoms with Crippen molar-refractivity contribution in [3.63, 3.8) is 0 Å². The Morgan fingerprint density at radius 2 is 1.87 bits per heavy atom. The molecule has 1 aliphatic heterocycles. The molecule has 0 saturated carbocycles. The van der Waals surface area contributed by atoms with Crippen molar-refractivity contribution < 1.29 is 14.1 Å². The maximum atomic E-state index is 13.3. The number of carbonyl (C=O) groups excluding carboxylic acids is 2. The predicted octanol–water partition coefficient (Wildman–Crippen LogP) is 4.46. The highest BCUT2D eigenvalue weighted by atomic mass is 32.2. The predicted molar refractivity (Wildman–Crippen MR) is 119 cm³/mol. The Balaban J connectivity index is 1.83. The van der Waals surface area contributed by atoms with Gasteiger partial charge in [-0.2, -0.15) is 0 Å². The quantitative estimate of drug-likeness (QED) is 0.658. The zero-order valence-electron chi connectivity index (χ0n) is 18.3. The van der Waals surface area contributed by atoms with E-state index in [0.29, 0.717) is 30.6 Å². The summed E-state index contributed by atoms with van der Waals surface area (Å²) in [4.78, 5) is 29.0. The normalized spacial score (nSPS) is 19.4. The van der Waals surface area contributed by atoms with Crippen LogP contribution in [-0.2, 0) is 4.79 Å². The Kier molecular flexibility index (Phi) is 7.23. The number of hydrogen-bond acceptors (Lipinski definition) is 5. The summed E-state index contributed by atoms with van der Waals surface area (Å²) in [5.74, 6) is 0.939. The summed E-state index contributed by atoms with van der Waals surface area (Å²) in [6, 6.07) is 9.07. The van der Waals surface area contributed by atoms with Crippen LogP contribution in [0.1, 0.15) is 51.0 Å². The summed E-state index contributed by atoms with van der Waals surface area (Å²) in [5.41, 5.74) is 1.11. The van der Waals surface area contributed by atoms with Crippen LogP contribution in [0.2, 0.25) is 0 Å². The first kappa shape index (κ1) is 22.4. The number of aromatic nitrogens is 1. The van der Waals surface area contributed by atoms with Crippen LogP contribution in [0.4, 0.5) is 0 Å². The van der Waals surface area contributed by atoms with Gasteiger partial charge in [0.2, 0.25) is 5.91 Å². The number of thioether (sulfide) groups is 1. The fourth-order valence-electron chi connectivity index (χ4n) is 3.87. The molecule has 2 heterocycles. The molecular weight excluding hydrogens is 398 g/mol. The van der Waals surface area contributed by atoms with Gasteiger partial charge < -0.3 is 14.7 Å². The van der Waals surface area contributed by atoms with Crippen LogP contribution in [0.5, 0.6) is 0 Å². The van der Waals surface area contributed by atoms with Crippen LogP contribution in [0.3, 0.4) is 0 Å². The van der Waals surface area contributed by atoms with Crippen LogP contribution in [0, 0.1) is 11.8 Å². The number of hydrogen-bond donors (Lipinski definition) is 1. The second-order valence-electron chi connectivity index (χ2n) is 8.74. The number of nitrogens with one attached hydrogen (secondary N) is 1. The SMILES string of the molecule is CSc1ccc(-c2cc(C(=O)N3C[C@H](CC(C)C)NC(=O)[C@@H]3CC(C)C)no2)cc1. The fourth-order valence-corrected chi connectivity index (χ4v) is 4.28. The van der Waals surface area contributed by atoms with Crippen molar-refractivity contribution in [1.29, 1.82) is 0 Å². The zero-order valence-corrected chi connectivity index (χ0v) is 19.2. The van der Waals surface area contributed by atoms with E-state index in [2.05, 4.69) is 38.2 Å². The van der Waals surface area contributed by atoms with Gasteiger partial charge in [-0.05, 0) is 43.1 Å². The van der Waals surface area contributed by atoms with Gasteiger partial charge in [-0.1, -0.05) is 45.0 Å². The van der Waals surface area contributed by atoms with E-state index in [1.807, 2.05) is 30.5 Å². The van der Waals surface area contributed by atoms with E-state index in [0.717, 1.165) is 16.9 Å². The molecule has 6 nitrogen and oxygen atoms in total. The van der Waals surface area contributed by atoms with Gasteiger partial charge in [0.05, 0.1) is 0 Å². The van der Waals surface area contributed by atoms with E-state index in [1.54, 1.807) is 22.7 Å². The molecule has 0 spiro atoms. The number of rotatable bonds is 7. The molecule has 0 bridgehead atoms. The largest absolute Gasteiger partial charge is 0.355 e. The first-order chi connectivity index (χ1) is 14.3. The maximum absolute atomic E-state index is 13.3. The number of amides is 2. The Labute approximate surface area is 182 Å². The molecule has 2 aromatic rings. The van der Waals surface area contributed by atoms with Crippen LogP contribution in [0.15, 0.2) is 39.8 Å². The highest BCUT2D eigenvalue weighted by Crippen LogP contribution is 2.26. The van der Waals surface area contributed by atoms with Crippen molar-refractivity contribution in [2.75, 3.05) is 12.8 Å². The number of carbonyl (C=O) groups is 2. The Morgan fingerprint density at radius 3 is 2.47 bits per heavy atom. The van der Waals surface area contributed by atoms with Crippen molar-refractivity contribution in [2.45, 2.75) is 57.5 Å². The lowest BCUT2D eigenvalue weighted by Crippen LogP contribution is -2.62. The van der Waals surface area contributed by atoms with Crippen LogP contribution >= 0.6 is 11.8 Å². The minimum Gasteiger partial charge on any atom is -0.355 e. The summed E-state index contributed by atoms with van der Waals surface area (Å²) in [7, 11) is 0. The fraction of sp³-hybridized carbons (Fsp3) is 0.522. The Hall–Kier alpha value is -2.28. The molecule has 1 fully saturated rings. The topological polar surface area (TPSA) is 75.4 Å². The highest BCUT2D eigenvalue weighted by molar-refractivity contribution is 7.98. The minimum atomic E-state index is -0.484. The summed E-state index contributed by atoms with van der Waals surface area (Å²) in [6.07, 6.45) is 3.47. The summed E-state index contributed by atoms with van der Waals surface area (Å²) in [5, 5.41) is 7.13. The van der Waals surface area contributed by atoms with Crippen LogP contribution in [-0.4, -0.2) is 46.8 Å². The molecule has 0 radical (unpaired) electrons. The van der Waals surface area contributed by atoms with Gasteiger partial charge in [-0.3, -0.25) is 9.59 Å². The molecule has 162 valence electrons. The smallest absolute Gasteiger partial charge is 0.276 e. The highest BCUT2D eigenvalue weighted by Gasteiger charge is 2.38. The van der Waals surface area contributed by atoms with Crippen molar-refractivity contribution in [2.24, 2.45) is 11.8 Å². The summed E-state index contributed by atoms with van der Waals surface area (Å²) >= 11 is 1.67. The standard InChI is InChI=1S/C23H31N3O3S/c1-14(2)10-17-13-26(20(11-15(3)4)22(27)24-17)23(28)19-12-21(29-25-19)16-6-8-18(30-5)9-7-16/h6-9,12,14-15,17,20H,10-11,13H2,1-5H3,(H,24,27)/t17-,20-/m0/s1. The Bertz CT molecular complexity index is 876. The van der Waals surface area contributed by atoms with Gasteiger partial charge in [-0.15, -0.1) is 11.8 Å². The van der Waals surface area contributed by atoms with Crippen molar-refractivity contribution in [1.82, 2.24) is 15.4 Å². The van der Waals surface area contributed by atoms with E-state index in [4.69, 9.17) is 4.52 Å². The molecule has 2 atom stereocenters. The average molecular weight is 430 g/mol. The molecule has 3 rings (SSSR count). The van der Waals surface area contributed by atoms with Crippen molar-refractivity contribution in [3.8, 4) is 11.3 Å². The summed E-state index contributed by atoms with van der Waals surface area (Å²) < 4.78 is 5.47. The van der Waals surface area contributed by atoms with Gasteiger partial charge in [-0.25, -0.2) is 0 Å². The summed E-state index contributed by atoms with van der Waals surface area (Å²) in [6.45, 7) is 8.84. The van der Waals surface area contributed by atoms with E-state index >= 15 is 0 Å². The van der Waals surface area contributed by atoms with Crippen molar-refractivity contribution in [3.05, 3.63) is 36.0 Å². The third-order valence-electron chi connectivity index (χ3n) is 5.26. The van der Waals surface area contributed by atoms with Gasteiger partial charge in [0, 0.05) is 29.1 Å². The zero-order chi connectivity index (χ0) is 21.8. The van der Waals surface area contributed by atoms with Crippen LogP contribution in [0.25, 0.3) is 11.3 Å². The lowest BCUT2D eigenvalue weighted by molar-refractivity contribution is -0.130. The third-order valence-corrected chi connectivity index (χ3v) is 6.00. The van der Waals surface area contributed by atoms with Gasteiger partial charge in [0.25, 0.3) is 5.91 Å². The van der Waals surface area contributed by atoms with Crippen molar-refractivity contribution >= 4 is 23.6 Å². The second-order valence-corrected chi connectivity index (χ2v) is 9.62. The molecule has 1 saturated heterocycles. The molecular formula is C23H31N3O3S. The third kappa shape index (κ3) is 5.25. The molecule has 1 N–H and O–H groups in total. The monoisotopic (exact) mass is 429 g/mol. The first-order valence-corrected chi connectivity index (χ1v) is 11.7. The number of piperazine rings is 1. The molecule has 30 heavy (non-hydrogen) atoms. The molecule has 0 unspecified atom stereocenters. The molecule has 7 heteroatoms. The first-order valence-electron chi connectivity index (χ1n) is 10.5. The lowest BCUT2D eigenvalue weighted by Gasteiger charge is -2.40. The average Bonchev–Trinajstić information content (AvgIpc) is 3.19. The molecule has 2 amide bonds. The molecule has 1 aromatic heterocycles. The van der Waals surface area contributed by atoms with E-state index in [-0.39, 0.29) is 23.6 Å². The van der Waals surface area contributed by atoms with Gasteiger partial charge >= 0.3 is 0 Å². The molecule has 0 aliphatic carbocycles. The van der Waals surface area contributed by atoms with Gasteiger partial charge in [0.15, 0.2) is 11.5 Å². The van der Waals surface area contributed by atoms with E-state index in [9.17, 15) is 9.59 Å². The number of nitrogens with zero attached hydrogens (tertiary/aromatic N) is 2. The van der Waals surface area contributed by atoms with E-state index in [1.165, 1.54) is 0 Å². The number of benzene rings is 1. The minimum absolute atomic E-state index is 0.0460. The molecule has 1 aliphatic rings. The second kappa shape index (κ2) is 9.69. The Morgan fingerprint density at radius 1 is 1.20 bits per heavy atom. The molecule has 1 aromatic carbocycles. The van der Waals surface area contributed by atoms with Crippen LogP contribution < -0.4 is 5.32 Å².